The van der Waals surface area contributed by atoms with Gasteiger partial charge in [-0.05, 0) is 0 Å². The minimum absolute atomic E-state index is 0.125. The highest BCUT2D eigenvalue weighted by atomic mass is 35.5. The highest BCUT2D eigenvalue weighted by Gasteiger charge is 1.80. The van der Waals surface area contributed by atoms with Crippen LogP contribution in [0.1, 0.15) is 0 Å². The van der Waals surface area contributed by atoms with Gasteiger partial charge in [0, 0.05) is 11.8 Å². The number of hydrogen-bond acceptors (Lipinski definition) is 3. The highest BCUT2D eigenvalue weighted by molar-refractivity contribution is 6.18. The van der Waals surface area contributed by atoms with Crippen LogP contribution in [0.2, 0.25) is 0 Å². The van der Waals surface area contributed by atoms with Gasteiger partial charge in [0.1, 0.15) is 0 Å². The van der Waals surface area contributed by atoms with Gasteiger partial charge in [0.2, 0.25) is 0 Å². The Balaban J connectivity index is -0.0000000178. The van der Waals surface area contributed by atoms with E-state index in [2.05, 4.69) is 92.1 Å². The molecule has 0 radical (unpaired) electrons. The van der Waals surface area contributed by atoms with Gasteiger partial charge in [0.15, 0.2) is 0 Å². The number of aliphatic hydroxyl groups is 2. The summed E-state index contributed by atoms with van der Waals surface area (Å²) in [6.45, 7) is 43.0. The molecule has 0 aromatic carbocycles. The third kappa shape index (κ3) is 728. The predicted molar refractivity (Wildman–Crippen MR) is 125 cm³/mol. The molecule has 0 amide bonds. The molecule has 0 aromatic rings. The van der Waals surface area contributed by atoms with Crippen LogP contribution < -0.4 is 0 Å². The second-order valence-electron chi connectivity index (χ2n) is 1.44. The van der Waals surface area contributed by atoms with Crippen molar-refractivity contribution in [1.29, 1.82) is 0 Å². The lowest BCUT2D eigenvalue weighted by Crippen LogP contribution is -1.97. The van der Waals surface area contributed by atoms with E-state index >= 15 is 0 Å². The van der Waals surface area contributed by atoms with Crippen molar-refractivity contribution in [3.8, 4) is 0 Å². The van der Waals surface area contributed by atoms with Crippen molar-refractivity contribution in [2.45, 2.75) is 0 Å². The van der Waals surface area contributed by atoms with E-state index in [-0.39, 0.29) is 13.2 Å². The third-order valence-corrected chi connectivity index (χ3v) is 0.852. The van der Waals surface area contributed by atoms with Crippen molar-refractivity contribution in [1.82, 2.24) is 0 Å². The zero-order valence-electron chi connectivity index (χ0n) is 16.2. The average molecular weight is 401 g/mol. The molecule has 0 heterocycles. The van der Waals surface area contributed by atoms with E-state index in [0.717, 1.165) is 0 Å². The molecule has 25 heavy (non-hydrogen) atoms. The summed E-state index contributed by atoms with van der Waals surface area (Å²) in [7, 11) is 0. The average Bonchev–Trinajstić information content (AvgIpc) is 2.78. The van der Waals surface area contributed by atoms with Crippen LogP contribution in [0.5, 0.6) is 0 Å². The Hall–Kier alpha value is -1.36. The summed E-state index contributed by atoms with van der Waals surface area (Å²) < 4.78 is 4.87. The summed E-state index contributed by atoms with van der Waals surface area (Å²) in [6, 6.07) is 0. The van der Waals surface area contributed by atoms with Gasteiger partial charge >= 0.3 is 0 Å². The van der Waals surface area contributed by atoms with Gasteiger partial charge in [-0.1, -0.05) is 0 Å². The summed E-state index contributed by atoms with van der Waals surface area (Å²) in [4.78, 5) is 0. The third-order valence-electron chi connectivity index (χ3n) is 0.543. The van der Waals surface area contributed by atoms with Crippen molar-refractivity contribution in [2.75, 3.05) is 38.2 Å². The fourth-order valence-corrected chi connectivity index (χ4v) is 0.429. The van der Waals surface area contributed by atoms with Crippen LogP contribution in [-0.4, -0.2) is 48.4 Å². The Bertz CT molecular complexity index is 104. The van der Waals surface area contributed by atoms with Gasteiger partial charge in [-0.2, -0.15) is 0 Å². The maximum Gasteiger partial charge on any atom is 0.0662 e. The Labute approximate surface area is 168 Å². The Kier molecular flexibility index (Phi) is 754. The molecule has 2 N–H and O–H groups in total. The predicted octanol–water partition coefficient (Wildman–Crippen LogP) is 6.07. The van der Waals surface area contributed by atoms with Crippen molar-refractivity contribution in [3.05, 3.63) is 92.1 Å². The topological polar surface area (TPSA) is 49.7 Å². The lowest BCUT2D eigenvalue weighted by Gasteiger charge is -1.93. The minimum Gasteiger partial charge on any atom is -0.394 e. The first-order valence-corrected chi connectivity index (χ1v) is 7.81. The normalized spacial score (nSPS) is 4.96. The first-order valence-electron chi connectivity index (χ1n) is 6.74. The van der Waals surface area contributed by atoms with Gasteiger partial charge in [-0.25, -0.2) is 0 Å². The molecular weight excluding hydrogens is 359 g/mol. The molecule has 0 spiro atoms. The molecule has 0 rings (SSSR count). The summed E-state index contributed by atoms with van der Waals surface area (Å²) >= 11 is 10.5. The van der Waals surface area contributed by atoms with Gasteiger partial charge in [0.25, 0.3) is 0 Å². The molecule has 0 aromatic heterocycles. The van der Waals surface area contributed by atoms with Gasteiger partial charge in [-0.15, -0.1) is 115 Å². The Morgan fingerprint density at radius 3 is 0.720 bits per heavy atom. The van der Waals surface area contributed by atoms with Crippen molar-refractivity contribution < 1.29 is 14.9 Å². The Morgan fingerprint density at radius 2 is 0.640 bits per heavy atom. The van der Waals surface area contributed by atoms with E-state index in [1.807, 2.05) is 0 Å². The largest absolute Gasteiger partial charge is 0.394 e. The maximum absolute atomic E-state index is 7.62. The fraction of sp³-hybridized carbons (Fsp3) is 0.300. The molecule has 0 saturated heterocycles. The molecular formula is C20H42Cl2O3. The van der Waals surface area contributed by atoms with Gasteiger partial charge in [-0.3, -0.25) is 0 Å². The zero-order chi connectivity index (χ0) is 22.9. The molecule has 0 fully saturated rings. The molecule has 0 unspecified atom stereocenters. The molecule has 5 heteroatoms. The standard InChI is InChI=1S/C4H8Cl2O.C2H6O2.7C2H4/c5-1-3-7-4-2-6;3-1-2-4;7*1-2/h1-4H2;3-4H,1-2H2;7*1-2H2. The summed E-state index contributed by atoms with van der Waals surface area (Å²) in [5, 5.41) is 15.2. The Morgan fingerprint density at radius 1 is 0.480 bits per heavy atom. The van der Waals surface area contributed by atoms with Crippen LogP contribution in [0, 0.1) is 0 Å². The van der Waals surface area contributed by atoms with E-state index in [9.17, 15) is 0 Å². The molecule has 0 aliphatic heterocycles. The van der Waals surface area contributed by atoms with Crippen LogP contribution in [0.15, 0.2) is 92.1 Å². The monoisotopic (exact) mass is 400 g/mol. The summed E-state index contributed by atoms with van der Waals surface area (Å²) in [5.74, 6) is 1.10. The van der Waals surface area contributed by atoms with E-state index in [1.165, 1.54) is 0 Å². The van der Waals surface area contributed by atoms with Crippen LogP contribution in [0.4, 0.5) is 0 Å². The SMILES string of the molecule is C=C.C=C.C=C.C=C.C=C.C=C.C=C.ClCCOCCCl.OCCO. The second-order valence-corrected chi connectivity index (χ2v) is 2.19. The van der Waals surface area contributed by atoms with Crippen molar-refractivity contribution in [3.63, 3.8) is 0 Å². The number of alkyl halides is 2. The first-order chi connectivity index (χ1) is 12.3. The summed E-state index contributed by atoms with van der Waals surface area (Å²) in [5.41, 5.74) is 0. The fourth-order valence-electron chi connectivity index (χ4n) is 0.211. The van der Waals surface area contributed by atoms with Crippen LogP contribution in [0.3, 0.4) is 0 Å². The van der Waals surface area contributed by atoms with Crippen LogP contribution >= 0.6 is 23.2 Å². The van der Waals surface area contributed by atoms with Crippen LogP contribution in [-0.2, 0) is 4.74 Å². The van der Waals surface area contributed by atoms with E-state index in [4.69, 9.17) is 38.2 Å². The van der Waals surface area contributed by atoms with Crippen molar-refractivity contribution >= 4 is 23.2 Å². The molecule has 0 bridgehead atoms. The van der Waals surface area contributed by atoms with E-state index < -0.39 is 0 Å². The van der Waals surface area contributed by atoms with Gasteiger partial charge in [0.05, 0.1) is 26.4 Å². The quantitative estimate of drug-likeness (QED) is 0.334. The summed E-state index contributed by atoms with van der Waals surface area (Å²) in [6.07, 6.45) is 0. The van der Waals surface area contributed by atoms with Gasteiger partial charge < -0.3 is 14.9 Å². The number of aliphatic hydroxyl groups excluding tert-OH is 2. The smallest absolute Gasteiger partial charge is 0.0662 e. The number of rotatable bonds is 5. The minimum atomic E-state index is -0.125. The molecule has 0 atom stereocenters. The van der Waals surface area contributed by atoms with Crippen LogP contribution in [0.25, 0.3) is 0 Å². The van der Waals surface area contributed by atoms with E-state index in [1.54, 1.807) is 0 Å². The molecule has 0 aliphatic carbocycles. The highest BCUT2D eigenvalue weighted by Crippen LogP contribution is 1.80. The molecule has 154 valence electrons. The molecule has 0 aliphatic rings. The lowest BCUT2D eigenvalue weighted by molar-refractivity contribution is 0.165. The van der Waals surface area contributed by atoms with Crippen molar-refractivity contribution in [2.24, 2.45) is 0 Å². The zero-order valence-corrected chi connectivity index (χ0v) is 17.7. The lowest BCUT2D eigenvalue weighted by atomic mass is 10.8. The second kappa shape index (κ2) is 333. The molecule has 0 saturated carbocycles. The first kappa shape index (κ1) is 56.5. The van der Waals surface area contributed by atoms with E-state index in [0.29, 0.717) is 25.0 Å². The number of ether oxygens (including phenoxy) is 1. The maximum atomic E-state index is 7.62. The number of halogens is 2. The molecule has 3 nitrogen and oxygen atoms in total. The number of hydrogen-bond donors (Lipinski definition) is 2.